The molecule has 0 aliphatic rings. The van der Waals surface area contributed by atoms with Gasteiger partial charge in [-0.2, -0.15) is 0 Å². The molecule has 0 bridgehead atoms. The van der Waals surface area contributed by atoms with Gasteiger partial charge >= 0.3 is 0 Å². The lowest BCUT2D eigenvalue weighted by Gasteiger charge is -2.12. The molecule has 2 heterocycles. The third-order valence-electron chi connectivity index (χ3n) is 2.50. The van der Waals surface area contributed by atoms with Gasteiger partial charge in [0.05, 0.1) is 14.1 Å². The number of anilines is 1. The van der Waals surface area contributed by atoms with Gasteiger partial charge in [0.1, 0.15) is 5.82 Å². The van der Waals surface area contributed by atoms with E-state index in [0.717, 1.165) is 32.2 Å². The summed E-state index contributed by atoms with van der Waals surface area (Å²) in [7, 11) is 1.90. The van der Waals surface area contributed by atoms with Crippen molar-refractivity contribution in [1.82, 2.24) is 9.97 Å². The monoisotopic (exact) mass is 373 g/mol. The average Bonchev–Trinajstić information content (AvgIpc) is 2.84. The molecule has 0 aromatic carbocycles. The summed E-state index contributed by atoms with van der Waals surface area (Å²) in [5.74, 6) is 2.34. The highest BCUT2D eigenvalue weighted by Gasteiger charge is 2.14. The molecule has 0 spiro atoms. The van der Waals surface area contributed by atoms with E-state index in [4.69, 9.17) is 4.98 Å². The Morgan fingerprint density at radius 2 is 2.17 bits per heavy atom. The molecule has 0 radical (unpaired) electrons. The standard InChI is InChI=1S/C13H16IN3S/c1-8(2)7-9-11(14)13(15-3)17-12(16-9)10-5-4-6-18-10/h4-6,8H,7H2,1-3H3,(H,15,16,17). The van der Waals surface area contributed by atoms with Crippen LogP contribution in [0.5, 0.6) is 0 Å². The molecule has 0 aliphatic carbocycles. The fourth-order valence-corrected chi connectivity index (χ4v) is 3.09. The van der Waals surface area contributed by atoms with Crippen LogP contribution in [0.1, 0.15) is 19.5 Å². The summed E-state index contributed by atoms with van der Waals surface area (Å²) in [6.07, 6.45) is 0.980. The fourth-order valence-electron chi connectivity index (χ4n) is 1.70. The number of rotatable bonds is 4. The Balaban J connectivity index is 2.49. The van der Waals surface area contributed by atoms with Crippen LogP contribution in [0.15, 0.2) is 17.5 Å². The molecule has 0 saturated heterocycles. The van der Waals surface area contributed by atoms with Crippen molar-refractivity contribution in [1.29, 1.82) is 0 Å². The van der Waals surface area contributed by atoms with Gasteiger partial charge in [-0.15, -0.1) is 11.3 Å². The Morgan fingerprint density at radius 1 is 1.39 bits per heavy atom. The number of halogens is 1. The Bertz CT molecular complexity index is 523. The van der Waals surface area contributed by atoms with E-state index >= 15 is 0 Å². The second-order valence-electron chi connectivity index (χ2n) is 4.48. The molecule has 96 valence electrons. The van der Waals surface area contributed by atoms with Gasteiger partial charge in [-0.25, -0.2) is 9.97 Å². The Kier molecular flexibility index (Phi) is 4.55. The summed E-state index contributed by atoms with van der Waals surface area (Å²) in [5, 5.41) is 5.21. The smallest absolute Gasteiger partial charge is 0.171 e. The molecule has 0 unspecified atom stereocenters. The van der Waals surface area contributed by atoms with Crippen LogP contribution in [-0.2, 0) is 6.42 Å². The first kappa shape index (κ1) is 13.7. The molecule has 18 heavy (non-hydrogen) atoms. The van der Waals surface area contributed by atoms with Gasteiger partial charge in [-0.1, -0.05) is 19.9 Å². The Hall–Kier alpha value is -0.690. The molecular weight excluding hydrogens is 357 g/mol. The van der Waals surface area contributed by atoms with Gasteiger partial charge in [0.25, 0.3) is 0 Å². The van der Waals surface area contributed by atoms with Crippen molar-refractivity contribution in [2.24, 2.45) is 5.92 Å². The molecule has 0 aliphatic heterocycles. The van der Waals surface area contributed by atoms with E-state index in [0.29, 0.717) is 5.92 Å². The van der Waals surface area contributed by atoms with Crippen LogP contribution in [0.25, 0.3) is 10.7 Å². The van der Waals surface area contributed by atoms with Crippen molar-refractivity contribution in [3.63, 3.8) is 0 Å². The van der Waals surface area contributed by atoms with Gasteiger partial charge < -0.3 is 5.32 Å². The van der Waals surface area contributed by atoms with Crippen LogP contribution in [-0.4, -0.2) is 17.0 Å². The zero-order valence-corrected chi connectivity index (χ0v) is 13.7. The van der Waals surface area contributed by atoms with Crippen LogP contribution in [0, 0.1) is 9.49 Å². The summed E-state index contributed by atoms with van der Waals surface area (Å²) < 4.78 is 1.13. The Morgan fingerprint density at radius 3 is 2.72 bits per heavy atom. The topological polar surface area (TPSA) is 37.8 Å². The highest BCUT2D eigenvalue weighted by Crippen LogP contribution is 2.27. The van der Waals surface area contributed by atoms with Crippen molar-refractivity contribution in [3.05, 3.63) is 26.8 Å². The third-order valence-corrected chi connectivity index (χ3v) is 4.50. The van der Waals surface area contributed by atoms with Gasteiger partial charge in [0, 0.05) is 7.05 Å². The third kappa shape index (κ3) is 3.00. The summed E-state index contributed by atoms with van der Waals surface area (Å²) in [6.45, 7) is 4.42. The van der Waals surface area contributed by atoms with E-state index in [1.54, 1.807) is 11.3 Å². The van der Waals surface area contributed by atoms with Crippen LogP contribution in [0.3, 0.4) is 0 Å². The number of thiophene rings is 1. The maximum Gasteiger partial charge on any atom is 0.171 e. The highest BCUT2D eigenvalue weighted by molar-refractivity contribution is 14.1. The van der Waals surface area contributed by atoms with Crippen molar-refractivity contribution >= 4 is 39.7 Å². The SMILES string of the molecule is CNc1nc(-c2cccs2)nc(CC(C)C)c1I. The molecule has 0 amide bonds. The van der Waals surface area contributed by atoms with Crippen molar-refractivity contribution in [2.75, 3.05) is 12.4 Å². The number of aromatic nitrogens is 2. The van der Waals surface area contributed by atoms with Crippen molar-refractivity contribution < 1.29 is 0 Å². The van der Waals surface area contributed by atoms with Crippen LogP contribution >= 0.6 is 33.9 Å². The lowest BCUT2D eigenvalue weighted by molar-refractivity contribution is 0.632. The minimum atomic E-state index is 0.592. The first-order valence-electron chi connectivity index (χ1n) is 5.90. The second kappa shape index (κ2) is 5.97. The zero-order valence-electron chi connectivity index (χ0n) is 10.7. The highest BCUT2D eigenvalue weighted by atomic mass is 127. The molecule has 1 N–H and O–H groups in total. The maximum atomic E-state index is 4.72. The molecule has 3 nitrogen and oxygen atoms in total. The summed E-state index contributed by atoms with van der Waals surface area (Å²) in [4.78, 5) is 10.4. The largest absolute Gasteiger partial charge is 0.372 e. The number of hydrogen-bond donors (Lipinski definition) is 1. The molecule has 2 aromatic rings. The summed E-state index contributed by atoms with van der Waals surface area (Å²) in [6, 6.07) is 4.09. The first-order chi connectivity index (χ1) is 8.61. The molecule has 2 rings (SSSR count). The normalized spacial score (nSPS) is 10.9. The number of nitrogens with zero attached hydrogens (tertiary/aromatic N) is 2. The fraction of sp³-hybridized carbons (Fsp3) is 0.385. The van der Waals surface area contributed by atoms with Gasteiger partial charge in [0.15, 0.2) is 5.82 Å². The summed E-state index contributed by atoms with van der Waals surface area (Å²) in [5.41, 5.74) is 1.13. The van der Waals surface area contributed by atoms with E-state index in [9.17, 15) is 0 Å². The predicted molar refractivity (Wildman–Crippen MR) is 86.2 cm³/mol. The van der Waals surface area contributed by atoms with Crippen molar-refractivity contribution in [2.45, 2.75) is 20.3 Å². The van der Waals surface area contributed by atoms with Gasteiger partial charge in [-0.3, -0.25) is 0 Å². The van der Waals surface area contributed by atoms with Crippen LogP contribution < -0.4 is 5.32 Å². The summed E-state index contributed by atoms with van der Waals surface area (Å²) >= 11 is 4.00. The molecule has 2 aromatic heterocycles. The quantitative estimate of drug-likeness (QED) is 0.822. The molecule has 5 heteroatoms. The minimum absolute atomic E-state index is 0.592. The molecule has 0 saturated carbocycles. The lowest BCUT2D eigenvalue weighted by atomic mass is 10.1. The maximum absolute atomic E-state index is 4.72. The number of nitrogens with one attached hydrogen (secondary N) is 1. The first-order valence-corrected chi connectivity index (χ1v) is 7.85. The minimum Gasteiger partial charge on any atom is -0.372 e. The van der Waals surface area contributed by atoms with Crippen molar-refractivity contribution in [3.8, 4) is 10.7 Å². The molecule has 0 atom stereocenters. The zero-order chi connectivity index (χ0) is 13.1. The van der Waals surface area contributed by atoms with Gasteiger partial charge in [0.2, 0.25) is 0 Å². The average molecular weight is 373 g/mol. The Labute approximate surface area is 125 Å². The molecular formula is C13H16IN3S. The molecule has 0 fully saturated rings. The van der Waals surface area contributed by atoms with Crippen LogP contribution in [0.2, 0.25) is 0 Å². The van der Waals surface area contributed by atoms with Gasteiger partial charge in [-0.05, 0) is 46.4 Å². The van der Waals surface area contributed by atoms with E-state index < -0.39 is 0 Å². The van der Waals surface area contributed by atoms with Crippen LogP contribution in [0.4, 0.5) is 5.82 Å². The number of hydrogen-bond acceptors (Lipinski definition) is 4. The van der Waals surface area contributed by atoms with E-state index in [2.05, 4.69) is 58.2 Å². The van der Waals surface area contributed by atoms with E-state index in [1.165, 1.54) is 0 Å². The van der Waals surface area contributed by atoms with E-state index in [-0.39, 0.29) is 0 Å². The van der Waals surface area contributed by atoms with E-state index in [1.807, 2.05) is 13.1 Å². The second-order valence-corrected chi connectivity index (χ2v) is 6.51. The lowest BCUT2D eigenvalue weighted by Crippen LogP contribution is -2.07. The predicted octanol–water partition coefficient (Wildman–Crippen LogP) is 4.05.